The maximum atomic E-state index is 4.87. The fraction of sp³-hybridized carbons (Fsp3) is 0.0952. The highest BCUT2D eigenvalue weighted by Crippen LogP contribution is 2.34. The zero-order valence-corrected chi connectivity index (χ0v) is 27.7. The molecule has 0 bridgehead atoms. The molecule has 0 heterocycles. The molecule has 4 heteroatoms. The van der Waals surface area contributed by atoms with Gasteiger partial charge in [-0.1, -0.05) is 170 Å². The van der Waals surface area contributed by atoms with E-state index in [-0.39, 0.29) is 0 Å². The molecule has 0 aromatic heterocycles. The van der Waals surface area contributed by atoms with Crippen molar-refractivity contribution in [2.24, 2.45) is 9.98 Å². The minimum absolute atomic E-state index is 0.668. The van der Waals surface area contributed by atoms with Gasteiger partial charge in [0, 0.05) is 36.6 Å². The Labute approximate surface area is 276 Å². The van der Waals surface area contributed by atoms with E-state index in [9.17, 15) is 0 Å². The SMILES string of the molecule is C(=NCCCCN=Cc1ccccc1P(c1ccccc1)c1ccccc1)c1ccccc1P(c1ccccc1)c1ccccc1. The molecule has 0 spiro atoms. The maximum Gasteiger partial charge on any atom is 0.0390 e. The third kappa shape index (κ3) is 8.21. The Hall–Kier alpha value is -4.48. The molecule has 0 N–H and O–H groups in total. The Morgan fingerprint density at radius 3 is 0.957 bits per heavy atom. The fourth-order valence-corrected chi connectivity index (χ4v) is 10.3. The van der Waals surface area contributed by atoms with Crippen LogP contribution in [-0.4, -0.2) is 25.5 Å². The van der Waals surface area contributed by atoms with Crippen LogP contribution >= 0.6 is 15.8 Å². The lowest BCUT2D eigenvalue weighted by atomic mass is 10.2. The highest BCUT2D eigenvalue weighted by atomic mass is 31.1. The van der Waals surface area contributed by atoms with Crippen LogP contribution in [0.5, 0.6) is 0 Å². The molecular weight excluding hydrogens is 594 g/mol. The quantitative estimate of drug-likeness (QED) is 0.0715. The van der Waals surface area contributed by atoms with Crippen molar-refractivity contribution in [3.63, 3.8) is 0 Å². The third-order valence-electron chi connectivity index (χ3n) is 7.70. The monoisotopic (exact) mass is 632 g/mol. The number of hydrogen-bond acceptors (Lipinski definition) is 2. The van der Waals surface area contributed by atoms with Gasteiger partial charge in [-0.2, -0.15) is 0 Å². The lowest BCUT2D eigenvalue weighted by Crippen LogP contribution is -2.23. The Morgan fingerprint density at radius 2 is 0.630 bits per heavy atom. The van der Waals surface area contributed by atoms with E-state index in [0.29, 0.717) is 0 Å². The molecule has 0 aliphatic carbocycles. The summed E-state index contributed by atoms with van der Waals surface area (Å²) in [5.41, 5.74) is 2.40. The lowest BCUT2D eigenvalue weighted by Gasteiger charge is -2.21. The van der Waals surface area contributed by atoms with Gasteiger partial charge >= 0.3 is 0 Å². The van der Waals surface area contributed by atoms with Crippen molar-refractivity contribution in [3.05, 3.63) is 181 Å². The average molecular weight is 633 g/mol. The van der Waals surface area contributed by atoms with Gasteiger partial charge in [0.1, 0.15) is 0 Å². The highest BCUT2D eigenvalue weighted by molar-refractivity contribution is 7.80. The first-order chi connectivity index (χ1) is 22.9. The Balaban J connectivity index is 1.10. The number of rotatable bonds is 13. The molecule has 0 saturated heterocycles. The molecule has 0 aliphatic rings. The van der Waals surface area contributed by atoms with Gasteiger partial charge in [-0.25, -0.2) is 0 Å². The molecule has 0 radical (unpaired) electrons. The van der Waals surface area contributed by atoms with Crippen molar-refractivity contribution in [1.29, 1.82) is 0 Å². The lowest BCUT2D eigenvalue weighted by molar-refractivity contribution is 0.760. The van der Waals surface area contributed by atoms with E-state index in [4.69, 9.17) is 9.98 Å². The first-order valence-corrected chi connectivity index (χ1v) is 18.5. The Kier molecular flexibility index (Phi) is 11.5. The van der Waals surface area contributed by atoms with Gasteiger partial charge in [-0.05, 0) is 60.5 Å². The van der Waals surface area contributed by atoms with Crippen molar-refractivity contribution >= 4 is 60.1 Å². The van der Waals surface area contributed by atoms with Crippen LogP contribution in [0.3, 0.4) is 0 Å². The normalized spacial score (nSPS) is 11.6. The molecule has 46 heavy (non-hydrogen) atoms. The first-order valence-electron chi connectivity index (χ1n) is 15.9. The van der Waals surface area contributed by atoms with Gasteiger partial charge < -0.3 is 0 Å². The number of aliphatic imine (C=N–C) groups is 2. The number of unbranched alkanes of at least 4 members (excludes halogenated alkanes) is 1. The maximum absolute atomic E-state index is 4.87. The smallest absolute Gasteiger partial charge is 0.0390 e. The minimum atomic E-state index is -0.668. The van der Waals surface area contributed by atoms with E-state index in [0.717, 1.165) is 25.9 Å². The predicted molar refractivity (Wildman–Crippen MR) is 204 cm³/mol. The summed E-state index contributed by atoms with van der Waals surface area (Å²) >= 11 is 0. The molecule has 0 atom stereocenters. The molecule has 6 aromatic carbocycles. The molecule has 0 aliphatic heterocycles. The summed E-state index contributed by atoms with van der Waals surface area (Å²) in [6.07, 6.45) is 6.16. The van der Waals surface area contributed by atoms with Gasteiger partial charge in [-0.3, -0.25) is 9.98 Å². The molecule has 0 saturated carbocycles. The number of nitrogens with zero attached hydrogens (tertiary/aromatic N) is 2. The minimum Gasteiger partial charge on any atom is -0.293 e. The molecule has 6 aromatic rings. The number of benzene rings is 6. The second kappa shape index (κ2) is 16.7. The summed E-state index contributed by atoms with van der Waals surface area (Å²) < 4.78 is 0. The summed E-state index contributed by atoms with van der Waals surface area (Å²) in [6, 6.07) is 60.9. The van der Waals surface area contributed by atoms with E-state index in [2.05, 4.69) is 182 Å². The summed E-state index contributed by atoms with van der Waals surface area (Å²) in [7, 11) is -1.34. The van der Waals surface area contributed by atoms with Crippen molar-refractivity contribution in [1.82, 2.24) is 0 Å². The van der Waals surface area contributed by atoms with Crippen LogP contribution in [-0.2, 0) is 0 Å². The standard InChI is InChI=1S/C42H38N2P2/c1-5-21-37(22-6-1)45(38-23-7-2-8-24-38)41-29-15-13-19-35(41)33-43-31-17-18-32-44-34-36-20-14-16-30-42(36)46(39-25-9-3-10-26-39)40-27-11-4-12-28-40/h1-16,19-30,33-34H,17-18,31-32H2. The molecule has 2 nitrogen and oxygen atoms in total. The third-order valence-corrected chi connectivity index (χ3v) is 12.7. The summed E-state index contributed by atoms with van der Waals surface area (Å²) in [5.74, 6) is 0. The summed E-state index contributed by atoms with van der Waals surface area (Å²) in [4.78, 5) is 9.74. The number of hydrogen-bond donors (Lipinski definition) is 0. The zero-order chi connectivity index (χ0) is 31.2. The van der Waals surface area contributed by atoms with E-state index >= 15 is 0 Å². The van der Waals surface area contributed by atoms with Crippen molar-refractivity contribution in [2.75, 3.05) is 13.1 Å². The Bertz CT molecular complexity index is 1620. The molecule has 0 fully saturated rings. The van der Waals surface area contributed by atoms with Crippen molar-refractivity contribution < 1.29 is 0 Å². The van der Waals surface area contributed by atoms with Crippen LogP contribution in [0.25, 0.3) is 0 Å². The second-order valence-electron chi connectivity index (χ2n) is 10.9. The Morgan fingerprint density at radius 1 is 0.348 bits per heavy atom. The average Bonchev–Trinajstić information content (AvgIpc) is 3.13. The van der Waals surface area contributed by atoms with Gasteiger partial charge in [0.2, 0.25) is 0 Å². The van der Waals surface area contributed by atoms with Crippen LogP contribution in [0.15, 0.2) is 180 Å². The summed E-state index contributed by atoms with van der Waals surface area (Å²) in [6.45, 7) is 1.59. The van der Waals surface area contributed by atoms with Gasteiger partial charge in [0.05, 0.1) is 0 Å². The van der Waals surface area contributed by atoms with Crippen LogP contribution in [0.2, 0.25) is 0 Å². The topological polar surface area (TPSA) is 24.7 Å². The van der Waals surface area contributed by atoms with Crippen LogP contribution in [0.4, 0.5) is 0 Å². The van der Waals surface area contributed by atoms with E-state index in [1.54, 1.807) is 0 Å². The summed E-state index contributed by atoms with van der Waals surface area (Å²) in [5, 5.41) is 8.09. The van der Waals surface area contributed by atoms with Crippen LogP contribution in [0, 0.1) is 0 Å². The van der Waals surface area contributed by atoms with E-state index < -0.39 is 15.8 Å². The van der Waals surface area contributed by atoms with E-state index in [1.807, 2.05) is 0 Å². The molecule has 226 valence electrons. The van der Waals surface area contributed by atoms with E-state index in [1.165, 1.54) is 43.0 Å². The predicted octanol–water partition coefficient (Wildman–Crippen LogP) is 7.52. The van der Waals surface area contributed by atoms with Crippen molar-refractivity contribution in [3.8, 4) is 0 Å². The van der Waals surface area contributed by atoms with Gasteiger partial charge in [-0.15, -0.1) is 0 Å². The van der Waals surface area contributed by atoms with Crippen LogP contribution in [0.1, 0.15) is 24.0 Å². The molecule has 6 rings (SSSR count). The molecule has 0 unspecified atom stereocenters. The second-order valence-corrected chi connectivity index (χ2v) is 15.3. The van der Waals surface area contributed by atoms with Crippen molar-refractivity contribution in [2.45, 2.75) is 12.8 Å². The molecular formula is C42H38N2P2. The van der Waals surface area contributed by atoms with Gasteiger partial charge in [0.25, 0.3) is 0 Å². The largest absolute Gasteiger partial charge is 0.293 e. The zero-order valence-electron chi connectivity index (χ0n) is 25.9. The fourth-order valence-electron chi connectivity index (χ4n) is 5.50. The first kappa shape index (κ1) is 31.5. The molecule has 0 amide bonds. The van der Waals surface area contributed by atoms with Crippen LogP contribution < -0.4 is 31.8 Å². The highest BCUT2D eigenvalue weighted by Gasteiger charge is 2.19. The van der Waals surface area contributed by atoms with Gasteiger partial charge in [0.15, 0.2) is 0 Å².